The average molecular weight is 386 g/mol. The molecule has 0 bridgehead atoms. The van der Waals surface area contributed by atoms with Crippen LogP contribution < -0.4 is 4.74 Å². The minimum Gasteiger partial charge on any atom is -0.450 e. The van der Waals surface area contributed by atoms with Crippen LogP contribution in [0, 0.1) is 23.4 Å². The number of ether oxygens (including phenoxy) is 1. The molecule has 2 aromatic rings. The van der Waals surface area contributed by atoms with Crippen LogP contribution in [0.5, 0.6) is 11.5 Å². The van der Waals surface area contributed by atoms with E-state index in [1.165, 1.54) is 0 Å². The fourth-order valence-corrected chi connectivity index (χ4v) is 4.54. The summed E-state index contributed by atoms with van der Waals surface area (Å²) < 4.78 is 50.1. The molecule has 0 N–H and O–H groups in total. The highest BCUT2D eigenvalue weighted by atomic mass is 19.2. The molecule has 0 atom stereocenters. The van der Waals surface area contributed by atoms with Gasteiger partial charge in [-0.2, -0.15) is 4.39 Å². The number of aryl methyl sites for hydroxylation is 1. The zero-order chi connectivity index (χ0) is 19.8. The predicted molar refractivity (Wildman–Crippen MR) is 105 cm³/mol. The van der Waals surface area contributed by atoms with Crippen LogP contribution in [0.4, 0.5) is 13.2 Å². The Labute approximate surface area is 164 Å². The van der Waals surface area contributed by atoms with Gasteiger partial charge in [-0.3, -0.25) is 0 Å². The van der Waals surface area contributed by atoms with Crippen molar-refractivity contribution in [1.82, 2.24) is 0 Å². The third kappa shape index (κ3) is 3.23. The molecule has 2 aliphatic rings. The summed E-state index contributed by atoms with van der Waals surface area (Å²) in [5.74, 6) is -1.98. The first-order valence-corrected chi connectivity index (χ1v) is 10.1. The maximum Gasteiger partial charge on any atom is 0.201 e. The van der Waals surface area contributed by atoms with Crippen molar-refractivity contribution < 1.29 is 17.9 Å². The standard InChI is InChI=1S/C24H25F3O/c1-3-5-16-10-11-17-12-18-13-19(15-8-6-14(4-2)7-9-15)21(26)22(27)24(18)28-23(17)20(16)25/h4,10-11,13-15H,2-3,5-9,12H2,1H3. The van der Waals surface area contributed by atoms with E-state index in [0.717, 1.165) is 32.1 Å². The third-order valence-corrected chi connectivity index (χ3v) is 6.17. The Morgan fingerprint density at radius 2 is 1.71 bits per heavy atom. The molecule has 0 aromatic heterocycles. The van der Waals surface area contributed by atoms with E-state index >= 15 is 0 Å². The quantitative estimate of drug-likeness (QED) is 0.430. The minimum atomic E-state index is -0.996. The molecule has 1 heterocycles. The number of benzene rings is 2. The first-order valence-electron chi connectivity index (χ1n) is 10.1. The van der Waals surface area contributed by atoms with Crippen LogP contribution in [0.15, 0.2) is 30.9 Å². The minimum absolute atomic E-state index is 0.000984. The topological polar surface area (TPSA) is 9.23 Å². The Morgan fingerprint density at radius 3 is 2.39 bits per heavy atom. The zero-order valence-corrected chi connectivity index (χ0v) is 16.2. The summed E-state index contributed by atoms with van der Waals surface area (Å²) in [7, 11) is 0. The summed E-state index contributed by atoms with van der Waals surface area (Å²) in [6.07, 6.45) is 7.20. The highest BCUT2D eigenvalue weighted by Crippen LogP contribution is 2.45. The second kappa shape index (κ2) is 7.65. The second-order valence-corrected chi connectivity index (χ2v) is 7.99. The lowest BCUT2D eigenvalue weighted by Gasteiger charge is -2.29. The van der Waals surface area contributed by atoms with Crippen molar-refractivity contribution in [3.63, 3.8) is 0 Å². The van der Waals surface area contributed by atoms with Gasteiger partial charge in [-0.15, -0.1) is 6.58 Å². The molecule has 0 saturated heterocycles. The van der Waals surface area contributed by atoms with Gasteiger partial charge < -0.3 is 4.74 Å². The summed E-state index contributed by atoms with van der Waals surface area (Å²) in [5.41, 5.74) is 2.24. The fraction of sp³-hybridized carbons (Fsp3) is 0.417. The van der Waals surface area contributed by atoms with Gasteiger partial charge in [-0.25, -0.2) is 8.78 Å². The molecule has 28 heavy (non-hydrogen) atoms. The molecule has 1 saturated carbocycles. The number of rotatable bonds is 4. The Balaban J connectivity index is 1.68. The van der Waals surface area contributed by atoms with E-state index < -0.39 is 17.5 Å². The molecule has 0 unspecified atom stereocenters. The van der Waals surface area contributed by atoms with Crippen LogP contribution >= 0.6 is 0 Å². The van der Waals surface area contributed by atoms with E-state index in [9.17, 15) is 13.2 Å². The fourth-order valence-electron chi connectivity index (χ4n) is 4.54. The highest BCUT2D eigenvalue weighted by molar-refractivity contribution is 5.54. The number of halogens is 3. The summed E-state index contributed by atoms with van der Waals surface area (Å²) in [6, 6.07) is 5.33. The Morgan fingerprint density at radius 1 is 1.00 bits per heavy atom. The van der Waals surface area contributed by atoms with Crippen molar-refractivity contribution in [2.24, 2.45) is 5.92 Å². The third-order valence-electron chi connectivity index (χ3n) is 6.17. The molecule has 0 radical (unpaired) electrons. The summed E-state index contributed by atoms with van der Waals surface area (Å²) in [5, 5.41) is 0. The summed E-state index contributed by atoms with van der Waals surface area (Å²) in [6.45, 7) is 5.80. The van der Waals surface area contributed by atoms with Crippen molar-refractivity contribution in [2.75, 3.05) is 0 Å². The van der Waals surface area contributed by atoms with E-state index in [2.05, 4.69) is 6.58 Å². The first-order chi connectivity index (χ1) is 13.5. The second-order valence-electron chi connectivity index (χ2n) is 7.99. The van der Waals surface area contributed by atoms with Crippen LogP contribution in [0.1, 0.15) is 67.2 Å². The molecule has 2 aromatic carbocycles. The van der Waals surface area contributed by atoms with Gasteiger partial charge in [0.15, 0.2) is 23.1 Å². The molecule has 0 amide bonds. The maximum atomic E-state index is 14.9. The molecule has 1 aliphatic carbocycles. The number of hydrogen-bond donors (Lipinski definition) is 0. The van der Waals surface area contributed by atoms with Gasteiger partial charge >= 0.3 is 0 Å². The smallest absolute Gasteiger partial charge is 0.201 e. The molecule has 4 rings (SSSR count). The molecule has 4 heteroatoms. The predicted octanol–water partition coefficient (Wildman–Crippen LogP) is 7.21. The van der Waals surface area contributed by atoms with E-state index in [1.807, 2.05) is 19.1 Å². The molecule has 1 nitrogen and oxygen atoms in total. The first kappa shape index (κ1) is 19.1. The van der Waals surface area contributed by atoms with E-state index in [-0.39, 0.29) is 17.4 Å². The van der Waals surface area contributed by atoms with Gasteiger partial charge in [0.1, 0.15) is 0 Å². The maximum absolute atomic E-state index is 14.9. The van der Waals surface area contributed by atoms with Crippen molar-refractivity contribution in [3.8, 4) is 11.5 Å². The van der Waals surface area contributed by atoms with Crippen LogP contribution in [0.2, 0.25) is 0 Å². The van der Waals surface area contributed by atoms with Crippen LogP contribution in [0.3, 0.4) is 0 Å². The SMILES string of the molecule is C=CC1CCC(c2cc3c(c(F)c2F)Oc2c(ccc(CCC)c2F)C3)CC1. The molecule has 1 aliphatic heterocycles. The van der Waals surface area contributed by atoms with Gasteiger partial charge in [0.25, 0.3) is 0 Å². The van der Waals surface area contributed by atoms with Gasteiger partial charge in [0.2, 0.25) is 5.82 Å². The molecule has 0 spiro atoms. The number of allylic oxidation sites excluding steroid dienone is 1. The average Bonchev–Trinajstić information content (AvgIpc) is 2.72. The summed E-state index contributed by atoms with van der Waals surface area (Å²) >= 11 is 0. The number of hydrogen-bond acceptors (Lipinski definition) is 1. The highest BCUT2D eigenvalue weighted by Gasteiger charge is 2.31. The van der Waals surface area contributed by atoms with E-state index in [4.69, 9.17) is 4.74 Å². The largest absolute Gasteiger partial charge is 0.450 e. The van der Waals surface area contributed by atoms with Crippen molar-refractivity contribution >= 4 is 0 Å². The van der Waals surface area contributed by atoms with E-state index in [1.54, 1.807) is 12.1 Å². The van der Waals surface area contributed by atoms with E-state index in [0.29, 0.717) is 41.0 Å². The van der Waals surface area contributed by atoms with Crippen molar-refractivity contribution in [3.05, 3.63) is 70.6 Å². The van der Waals surface area contributed by atoms with Gasteiger partial charge in [0.05, 0.1) is 0 Å². The molecular weight excluding hydrogens is 361 g/mol. The normalized spacial score (nSPS) is 20.9. The Hall–Kier alpha value is -2.23. The summed E-state index contributed by atoms with van der Waals surface area (Å²) in [4.78, 5) is 0. The van der Waals surface area contributed by atoms with Crippen LogP contribution in [-0.2, 0) is 12.8 Å². The van der Waals surface area contributed by atoms with Crippen LogP contribution in [-0.4, -0.2) is 0 Å². The monoisotopic (exact) mass is 386 g/mol. The lowest BCUT2D eigenvalue weighted by Crippen LogP contribution is -2.16. The molecule has 1 fully saturated rings. The van der Waals surface area contributed by atoms with Gasteiger partial charge in [-0.1, -0.05) is 31.6 Å². The lowest BCUT2D eigenvalue weighted by atomic mass is 9.78. The number of fused-ring (bicyclic) bond motifs is 2. The zero-order valence-electron chi connectivity index (χ0n) is 16.2. The van der Waals surface area contributed by atoms with Gasteiger partial charge in [-0.05, 0) is 61.1 Å². The Kier molecular flexibility index (Phi) is 5.22. The van der Waals surface area contributed by atoms with Crippen molar-refractivity contribution in [2.45, 2.75) is 57.8 Å². The molecule has 148 valence electrons. The lowest BCUT2D eigenvalue weighted by molar-refractivity contribution is 0.352. The van der Waals surface area contributed by atoms with Crippen LogP contribution in [0.25, 0.3) is 0 Å². The molecular formula is C24H25F3O. The van der Waals surface area contributed by atoms with Gasteiger partial charge in [0, 0.05) is 17.5 Å². The Bertz CT molecular complexity index is 911. The van der Waals surface area contributed by atoms with Crippen molar-refractivity contribution in [1.29, 1.82) is 0 Å².